The molecule has 0 unspecified atom stereocenters. The number of nitrogens with one attached hydrogen (secondary N) is 2. The molecular formula is C23H22N2O. The van der Waals surface area contributed by atoms with Gasteiger partial charge in [0.2, 0.25) is 0 Å². The molecule has 2 N–H and O–H groups in total. The summed E-state index contributed by atoms with van der Waals surface area (Å²) in [4.78, 5) is 16.0. The molecule has 3 heteroatoms. The minimum atomic E-state index is -0.0417. The van der Waals surface area contributed by atoms with Crippen LogP contribution in [-0.2, 0) is 17.6 Å². The second kappa shape index (κ2) is 6.68. The van der Waals surface area contributed by atoms with Crippen LogP contribution in [-0.4, -0.2) is 10.9 Å². The standard InChI is InChI=1S/C23H22N2O/c1-3-15-12-18(4-2)24-21(15)14-20-19-11-10-17(13-22(19)25-23(20)26)16-8-6-5-7-9-16/h5-14,24H,3-4H2,1-2H3,(H,25,26)/b20-14-. The molecule has 26 heavy (non-hydrogen) atoms. The van der Waals surface area contributed by atoms with Gasteiger partial charge in [-0.05, 0) is 47.7 Å². The molecule has 130 valence electrons. The summed E-state index contributed by atoms with van der Waals surface area (Å²) >= 11 is 0. The number of amides is 1. The van der Waals surface area contributed by atoms with Gasteiger partial charge >= 0.3 is 0 Å². The van der Waals surface area contributed by atoms with Crippen molar-refractivity contribution in [1.29, 1.82) is 0 Å². The summed E-state index contributed by atoms with van der Waals surface area (Å²) in [6.07, 6.45) is 3.89. The van der Waals surface area contributed by atoms with Crippen molar-refractivity contribution in [2.24, 2.45) is 0 Å². The van der Waals surface area contributed by atoms with Crippen molar-refractivity contribution in [1.82, 2.24) is 4.98 Å². The summed E-state index contributed by atoms with van der Waals surface area (Å²) in [5.74, 6) is -0.0417. The fourth-order valence-electron chi connectivity index (χ4n) is 3.48. The van der Waals surface area contributed by atoms with E-state index in [1.807, 2.05) is 30.3 Å². The lowest BCUT2D eigenvalue weighted by molar-refractivity contribution is -0.110. The first-order valence-electron chi connectivity index (χ1n) is 9.13. The normalized spacial score (nSPS) is 14.5. The van der Waals surface area contributed by atoms with Crippen molar-refractivity contribution in [3.63, 3.8) is 0 Å². The molecule has 1 amide bonds. The lowest BCUT2D eigenvalue weighted by Gasteiger charge is -2.05. The molecule has 0 aliphatic carbocycles. The molecule has 1 aromatic heterocycles. The number of rotatable bonds is 4. The Labute approximate surface area is 153 Å². The van der Waals surface area contributed by atoms with Crippen molar-refractivity contribution in [3.05, 3.63) is 77.1 Å². The number of aromatic nitrogens is 1. The van der Waals surface area contributed by atoms with Gasteiger partial charge in [-0.3, -0.25) is 4.79 Å². The third kappa shape index (κ3) is 2.86. The summed E-state index contributed by atoms with van der Waals surface area (Å²) in [6, 6.07) is 18.6. The van der Waals surface area contributed by atoms with E-state index in [1.54, 1.807) is 0 Å². The molecule has 3 nitrogen and oxygen atoms in total. The SMILES string of the molecule is CCc1cc(CC)c(/C=C2\C(=O)Nc3cc(-c4ccccc4)ccc32)[nH]1. The third-order valence-corrected chi connectivity index (χ3v) is 4.95. The van der Waals surface area contributed by atoms with Crippen molar-refractivity contribution in [3.8, 4) is 11.1 Å². The summed E-state index contributed by atoms with van der Waals surface area (Å²) in [5.41, 5.74) is 8.30. The highest BCUT2D eigenvalue weighted by atomic mass is 16.2. The van der Waals surface area contributed by atoms with Crippen LogP contribution in [0.2, 0.25) is 0 Å². The maximum atomic E-state index is 12.6. The lowest BCUT2D eigenvalue weighted by atomic mass is 9.99. The second-order valence-electron chi connectivity index (χ2n) is 6.58. The molecule has 0 atom stereocenters. The monoisotopic (exact) mass is 342 g/mol. The summed E-state index contributed by atoms with van der Waals surface area (Å²) < 4.78 is 0. The number of fused-ring (bicyclic) bond motifs is 1. The zero-order chi connectivity index (χ0) is 18.1. The van der Waals surface area contributed by atoms with E-state index < -0.39 is 0 Å². The molecule has 0 fully saturated rings. The van der Waals surface area contributed by atoms with Crippen LogP contribution in [0.3, 0.4) is 0 Å². The first-order valence-corrected chi connectivity index (χ1v) is 9.13. The Morgan fingerprint density at radius 1 is 0.923 bits per heavy atom. The van der Waals surface area contributed by atoms with Gasteiger partial charge in [0.1, 0.15) is 0 Å². The van der Waals surface area contributed by atoms with Crippen molar-refractivity contribution in [2.75, 3.05) is 5.32 Å². The summed E-state index contributed by atoms with van der Waals surface area (Å²) in [7, 11) is 0. The maximum absolute atomic E-state index is 12.6. The van der Waals surface area contributed by atoms with Crippen molar-refractivity contribution in [2.45, 2.75) is 26.7 Å². The van der Waals surface area contributed by atoms with Crippen molar-refractivity contribution < 1.29 is 4.79 Å². The Morgan fingerprint density at radius 3 is 2.46 bits per heavy atom. The van der Waals surface area contributed by atoms with Crippen LogP contribution in [0.4, 0.5) is 5.69 Å². The predicted molar refractivity (Wildman–Crippen MR) is 108 cm³/mol. The second-order valence-corrected chi connectivity index (χ2v) is 6.58. The van der Waals surface area contributed by atoms with Gasteiger partial charge in [0.15, 0.2) is 0 Å². The van der Waals surface area contributed by atoms with E-state index in [0.29, 0.717) is 0 Å². The summed E-state index contributed by atoms with van der Waals surface area (Å²) in [6.45, 7) is 4.27. The van der Waals surface area contributed by atoms with Crippen LogP contribution in [0.15, 0.2) is 54.6 Å². The van der Waals surface area contributed by atoms with Gasteiger partial charge in [-0.1, -0.05) is 56.3 Å². The minimum Gasteiger partial charge on any atom is -0.359 e. The van der Waals surface area contributed by atoms with Crippen LogP contribution in [0.25, 0.3) is 22.8 Å². The first-order chi connectivity index (χ1) is 12.7. The number of aromatic amines is 1. The van der Waals surface area contributed by atoms with Crippen molar-refractivity contribution >= 4 is 23.2 Å². The van der Waals surface area contributed by atoms with Gasteiger partial charge in [-0.2, -0.15) is 0 Å². The Hall–Kier alpha value is -3.07. The molecule has 1 aliphatic heterocycles. The van der Waals surface area contributed by atoms with Gasteiger partial charge in [0, 0.05) is 22.6 Å². The van der Waals surface area contributed by atoms with E-state index in [-0.39, 0.29) is 5.91 Å². The highest BCUT2D eigenvalue weighted by molar-refractivity contribution is 6.35. The lowest BCUT2D eigenvalue weighted by Crippen LogP contribution is -2.03. The zero-order valence-corrected chi connectivity index (χ0v) is 15.1. The maximum Gasteiger partial charge on any atom is 0.256 e. The quantitative estimate of drug-likeness (QED) is 0.621. The van der Waals surface area contributed by atoms with Gasteiger partial charge < -0.3 is 10.3 Å². The smallest absolute Gasteiger partial charge is 0.256 e. The number of carbonyl (C=O) groups is 1. The predicted octanol–water partition coefficient (Wildman–Crippen LogP) is 5.30. The topological polar surface area (TPSA) is 44.9 Å². The van der Waals surface area contributed by atoms with Gasteiger partial charge in [0.05, 0.1) is 5.57 Å². The molecule has 0 saturated carbocycles. The van der Waals surface area contributed by atoms with Crippen LogP contribution < -0.4 is 5.32 Å². The van der Waals surface area contributed by atoms with Gasteiger partial charge in [-0.25, -0.2) is 0 Å². The summed E-state index contributed by atoms with van der Waals surface area (Å²) in [5, 5.41) is 3.02. The average Bonchev–Trinajstić information content (AvgIpc) is 3.22. The molecule has 2 heterocycles. The molecule has 3 aromatic rings. The number of carbonyl (C=O) groups excluding carboxylic acids is 1. The van der Waals surface area contributed by atoms with E-state index in [1.165, 1.54) is 11.3 Å². The minimum absolute atomic E-state index is 0.0417. The molecule has 4 rings (SSSR count). The highest BCUT2D eigenvalue weighted by Crippen LogP contribution is 2.36. The van der Waals surface area contributed by atoms with E-state index in [4.69, 9.17) is 0 Å². The Kier molecular flexibility index (Phi) is 4.21. The van der Waals surface area contributed by atoms with E-state index in [0.717, 1.165) is 46.5 Å². The number of hydrogen-bond donors (Lipinski definition) is 2. The van der Waals surface area contributed by atoms with Crippen LogP contribution >= 0.6 is 0 Å². The number of benzene rings is 2. The van der Waals surface area contributed by atoms with E-state index in [9.17, 15) is 4.79 Å². The van der Waals surface area contributed by atoms with Crippen LogP contribution in [0.1, 0.15) is 36.4 Å². The van der Waals surface area contributed by atoms with Crippen LogP contribution in [0.5, 0.6) is 0 Å². The largest absolute Gasteiger partial charge is 0.359 e. The average molecular weight is 342 g/mol. The highest BCUT2D eigenvalue weighted by Gasteiger charge is 2.25. The Morgan fingerprint density at radius 2 is 1.73 bits per heavy atom. The molecule has 2 aromatic carbocycles. The van der Waals surface area contributed by atoms with E-state index in [2.05, 4.69) is 54.5 Å². The van der Waals surface area contributed by atoms with E-state index >= 15 is 0 Å². The fraction of sp³-hybridized carbons (Fsp3) is 0.174. The van der Waals surface area contributed by atoms with Gasteiger partial charge in [0.25, 0.3) is 5.91 Å². The number of anilines is 1. The molecule has 0 saturated heterocycles. The fourth-order valence-corrected chi connectivity index (χ4v) is 3.48. The molecular weight excluding hydrogens is 320 g/mol. The molecule has 0 bridgehead atoms. The molecule has 0 radical (unpaired) electrons. The molecule has 1 aliphatic rings. The Balaban J connectivity index is 1.75. The third-order valence-electron chi connectivity index (χ3n) is 4.95. The zero-order valence-electron chi connectivity index (χ0n) is 15.1. The Bertz CT molecular complexity index is 996. The molecule has 0 spiro atoms. The first kappa shape index (κ1) is 16.4. The van der Waals surface area contributed by atoms with Crippen LogP contribution in [0, 0.1) is 0 Å². The number of H-pyrrole nitrogens is 1. The number of hydrogen-bond acceptors (Lipinski definition) is 1. The number of aryl methyl sites for hydroxylation is 2. The van der Waals surface area contributed by atoms with Gasteiger partial charge in [-0.15, -0.1) is 0 Å².